The van der Waals surface area contributed by atoms with Gasteiger partial charge >= 0.3 is 6.03 Å². The minimum absolute atomic E-state index is 0.0326. The summed E-state index contributed by atoms with van der Waals surface area (Å²) in [6.07, 6.45) is 7.77. The SMILES string of the molecule is CCCNC(=O)CCNC(=O)NCc1ccc(N(C)C2CCCCC2)cc1. The van der Waals surface area contributed by atoms with Crippen LogP contribution in [0.15, 0.2) is 24.3 Å². The summed E-state index contributed by atoms with van der Waals surface area (Å²) < 4.78 is 0. The second-order valence-electron chi connectivity index (χ2n) is 7.28. The van der Waals surface area contributed by atoms with Crippen molar-refractivity contribution in [3.05, 3.63) is 29.8 Å². The number of nitrogens with zero attached hydrogens (tertiary/aromatic N) is 1. The van der Waals surface area contributed by atoms with Crippen LogP contribution in [0.2, 0.25) is 0 Å². The number of urea groups is 1. The van der Waals surface area contributed by atoms with Crippen LogP contribution in [0, 0.1) is 0 Å². The summed E-state index contributed by atoms with van der Waals surface area (Å²) in [4.78, 5) is 25.7. The van der Waals surface area contributed by atoms with E-state index in [1.54, 1.807) is 0 Å². The molecule has 0 unspecified atom stereocenters. The molecule has 1 fully saturated rings. The highest BCUT2D eigenvalue weighted by atomic mass is 16.2. The van der Waals surface area contributed by atoms with E-state index in [2.05, 4.69) is 52.2 Å². The minimum atomic E-state index is -0.248. The number of nitrogens with one attached hydrogen (secondary N) is 3. The van der Waals surface area contributed by atoms with Crippen molar-refractivity contribution in [3.8, 4) is 0 Å². The third kappa shape index (κ3) is 7.49. The Kier molecular flexibility index (Phi) is 8.95. The molecule has 0 radical (unpaired) electrons. The van der Waals surface area contributed by atoms with Crippen LogP contribution in [0.3, 0.4) is 0 Å². The molecular weight excluding hydrogens is 340 g/mol. The topological polar surface area (TPSA) is 73.5 Å². The summed E-state index contributed by atoms with van der Waals surface area (Å²) in [5.41, 5.74) is 2.29. The molecule has 0 saturated heterocycles. The average molecular weight is 375 g/mol. The zero-order chi connectivity index (χ0) is 19.5. The summed E-state index contributed by atoms with van der Waals surface area (Å²) in [5, 5.41) is 8.33. The summed E-state index contributed by atoms with van der Waals surface area (Å²) in [5.74, 6) is -0.0326. The maximum Gasteiger partial charge on any atom is 0.315 e. The number of hydrogen-bond donors (Lipinski definition) is 3. The lowest BCUT2D eigenvalue weighted by molar-refractivity contribution is -0.120. The van der Waals surface area contributed by atoms with Crippen LogP contribution in [0.5, 0.6) is 0 Å². The van der Waals surface area contributed by atoms with Gasteiger partial charge < -0.3 is 20.9 Å². The van der Waals surface area contributed by atoms with Gasteiger partial charge in [0.1, 0.15) is 0 Å². The third-order valence-electron chi connectivity index (χ3n) is 5.13. The second-order valence-corrected chi connectivity index (χ2v) is 7.28. The molecule has 27 heavy (non-hydrogen) atoms. The number of benzene rings is 1. The number of amides is 3. The van der Waals surface area contributed by atoms with Gasteiger partial charge in [0.25, 0.3) is 0 Å². The van der Waals surface area contributed by atoms with Gasteiger partial charge in [-0.25, -0.2) is 4.79 Å². The van der Waals surface area contributed by atoms with Gasteiger partial charge in [0.05, 0.1) is 0 Å². The van der Waals surface area contributed by atoms with Crippen LogP contribution in [-0.4, -0.2) is 38.1 Å². The maximum absolute atomic E-state index is 11.8. The van der Waals surface area contributed by atoms with Crippen molar-refractivity contribution in [3.63, 3.8) is 0 Å². The highest BCUT2D eigenvalue weighted by Gasteiger charge is 2.18. The van der Waals surface area contributed by atoms with Gasteiger partial charge in [0.2, 0.25) is 5.91 Å². The van der Waals surface area contributed by atoms with E-state index in [4.69, 9.17) is 0 Å². The smallest absolute Gasteiger partial charge is 0.315 e. The van der Waals surface area contributed by atoms with Gasteiger partial charge in [-0.05, 0) is 37.0 Å². The maximum atomic E-state index is 11.8. The van der Waals surface area contributed by atoms with Crippen LogP contribution in [0.4, 0.5) is 10.5 Å². The first-order chi connectivity index (χ1) is 13.1. The number of rotatable bonds is 9. The van der Waals surface area contributed by atoms with E-state index >= 15 is 0 Å². The van der Waals surface area contributed by atoms with Gasteiger partial charge in [-0.3, -0.25) is 4.79 Å². The fourth-order valence-electron chi connectivity index (χ4n) is 3.42. The Morgan fingerprint density at radius 2 is 1.70 bits per heavy atom. The van der Waals surface area contributed by atoms with E-state index in [0.29, 0.717) is 32.1 Å². The first kappa shape index (κ1) is 21.1. The average Bonchev–Trinajstić information content (AvgIpc) is 2.71. The van der Waals surface area contributed by atoms with E-state index in [9.17, 15) is 9.59 Å². The molecule has 1 aliphatic carbocycles. The van der Waals surface area contributed by atoms with Crippen LogP contribution in [0.1, 0.15) is 57.4 Å². The van der Waals surface area contributed by atoms with Crippen molar-refractivity contribution in [2.45, 2.75) is 64.5 Å². The molecule has 1 aromatic rings. The predicted molar refractivity (Wildman–Crippen MR) is 110 cm³/mol. The first-order valence-electron chi connectivity index (χ1n) is 10.2. The Morgan fingerprint density at radius 1 is 1.00 bits per heavy atom. The summed E-state index contributed by atoms with van der Waals surface area (Å²) in [6.45, 7) is 3.50. The Balaban J connectivity index is 1.68. The number of carbonyl (C=O) groups excluding carboxylic acids is 2. The highest BCUT2D eigenvalue weighted by Crippen LogP contribution is 2.26. The zero-order valence-corrected chi connectivity index (χ0v) is 16.7. The van der Waals surface area contributed by atoms with Crippen molar-refractivity contribution in [1.29, 1.82) is 0 Å². The number of hydrogen-bond acceptors (Lipinski definition) is 3. The molecule has 150 valence electrons. The van der Waals surface area contributed by atoms with E-state index in [0.717, 1.165) is 12.0 Å². The Bertz CT molecular complexity index is 582. The van der Waals surface area contributed by atoms with Gasteiger partial charge in [-0.1, -0.05) is 38.3 Å². The van der Waals surface area contributed by atoms with Gasteiger partial charge in [0.15, 0.2) is 0 Å². The van der Waals surface area contributed by atoms with Crippen molar-refractivity contribution in [2.75, 3.05) is 25.0 Å². The van der Waals surface area contributed by atoms with Gasteiger partial charge in [-0.15, -0.1) is 0 Å². The van der Waals surface area contributed by atoms with Crippen LogP contribution >= 0.6 is 0 Å². The summed E-state index contributed by atoms with van der Waals surface area (Å²) in [6, 6.07) is 8.77. The monoisotopic (exact) mass is 374 g/mol. The Hall–Kier alpha value is -2.24. The lowest BCUT2D eigenvalue weighted by Crippen LogP contribution is -2.37. The van der Waals surface area contributed by atoms with Crippen LogP contribution < -0.4 is 20.9 Å². The van der Waals surface area contributed by atoms with Crippen molar-refractivity contribution < 1.29 is 9.59 Å². The second kappa shape index (κ2) is 11.5. The summed E-state index contributed by atoms with van der Waals surface area (Å²) in [7, 11) is 2.17. The Labute approximate surface area is 163 Å². The largest absolute Gasteiger partial charge is 0.372 e. The Morgan fingerprint density at radius 3 is 2.37 bits per heavy atom. The van der Waals surface area contributed by atoms with E-state index in [1.165, 1.54) is 37.8 Å². The quantitative estimate of drug-likeness (QED) is 0.622. The molecule has 6 nitrogen and oxygen atoms in total. The standard InChI is InChI=1S/C21H34N4O2/c1-3-14-22-20(26)13-15-23-21(27)24-16-17-9-11-19(12-10-17)25(2)18-7-5-4-6-8-18/h9-12,18H,3-8,13-16H2,1-2H3,(H,22,26)(H2,23,24,27). The normalized spacial score (nSPS) is 14.4. The molecule has 0 aliphatic heterocycles. The third-order valence-corrected chi connectivity index (χ3v) is 5.13. The van der Waals surface area contributed by atoms with Crippen LogP contribution in [0.25, 0.3) is 0 Å². The van der Waals surface area contributed by atoms with E-state index in [-0.39, 0.29) is 11.9 Å². The van der Waals surface area contributed by atoms with Gasteiger partial charge in [-0.2, -0.15) is 0 Å². The fourth-order valence-corrected chi connectivity index (χ4v) is 3.42. The highest BCUT2D eigenvalue weighted by molar-refractivity contribution is 5.78. The van der Waals surface area contributed by atoms with E-state index in [1.807, 2.05) is 6.92 Å². The molecule has 0 aromatic heterocycles. The zero-order valence-electron chi connectivity index (χ0n) is 16.7. The molecule has 3 N–H and O–H groups in total. The number of anilines is 1. The molecule has 0 bridgehead atoms. The number of carbonyl (C=O) groups is 2. The molecule has 0 heterocycles. The minimum Gasteiger partial charge on any atom is -0.372 e. The molecule has 1 saturated carbocycles. The lowest BCUT2D eigenvalue weighted by Gasteiger charge is -2.33. The lowest BCUT2D eigenvalue weighted by atomic mass is 9.94. The van der Waals surface area contributed by atoms with Gasteiger partial charge in [0, 0.05) is 44.8 Å². The molecule has 0 spiro atoms. The predicted octanol–water partition coefficient (Wildman–Crippen LogP) is 3.17. The fraction of sp³-hybridized carbons (Fsp3) is 0.619. The molecule has 2 rings (SSSR count). The first-order valence-corrected chi connectivity index (χ1v) is 10.2. The van der Waals surface area contributed by atoms with Crippen molar-refractivity contribution >= 4 is 17.6 Å². The molecule has 1 aliphatic rings. The van der Waals surface area contributed by atoms with E-state index < -0.39 is 0 Å². The molecule has 0 atom stereocenters. The molecule has 1 aromatic carbocycles. The van der Waals surface area contributed by atoms with Crippen molar-refractivity contribution in [1.82, 2.24) is 16.0 Å². The summed E-state index contributed by atoms with van der Waals surface area (Å²) >= 11 is 0. The van der Waals surface area contributed by atoms with Crippen LogP contribution in [-0.2, 0) is 11.3 Å². The molecule has 3 amide bonds. The molecule has 6 heteroatoms. The molecular formula is C21H34N4O2. The van der Waals surface area contributed by atoms with Crippen molar-refractivity contribution in [2.24, 2.45) is 0 Å².